The zero-order valence-corrected chi connectivity index (χ0v) is 21.3. The number of hydrogen-bond acceptors (Lipinski definition) is 4. The molecule has 5 rings (SSSR count). The standard InChI is InChI=1S/C29H36N4O3/c1-21(34)33-23(17-22-11-5-3-6-12-22)18-27-26(33)15-7-4-10-16-31(27)29(35)19-32-25-14-9-8-13-24(25)30-28(32)20-36-2/h3,5-6,8-9,11-14,23,26-27H,4,7,10,15-20H2,1-2H3/t23-,26-,27+/m1/s1. The van der Waals surface area contributed by atoms with E-state index >= 15 is 0 Å². The van der Waals surface area contributed by atoms with E-state index in [4.69, 9.17) is 9.72 Å². The third kappa shape index (κ3) is 4.89. The van der Waals surface area contributed by atoms with Gasteiger partial charge < -0.3 is 19.1 Å². The SMILES string of the molecule is COCc1nc2ccccc2n1CC(=O)N1CCCCC[C@@H]2[C@@H]1C[C@@H](Cc1ccccc1)N2C(C)=O. The summed E-state index contributed by atoms with van der Waals surface area (Å²) in [4.78, 5) is 35.7. The van der Waals surface area contributed by atoms with Crippen molar-refractivity contribution in [2.24, 2.45) is 0 Å². The van der Waals surface area contributed by atoms with Crippen molar-refractivity contribution < 1.29 is 14.3 Å². The Bertz CT molecular complexity index is 1210. The molecular formula is C29H36N4O3. The van der Waals surface area contributed by atoms with Crippen LogP contribution in [0.25, 0.3) is 11.0 Å². The summed E-state index contributed by atoms with van der Waals surface area (Å²) in [5.41, 5.74) is 3.05. The summed E-state index contributed by atoms with van der Waals surface area (Å²) >= 11 is 0. The van der Waals surface area contributed by atoms with Gasteiger partial charge in [-0.2, -0.15) is 0 Å². The number of carbonyl (C=O) groups is 2. The Morgan fingerprint density at radius 1 is 1.00 bits per heavy atom. The fourth-order valence-corrected chi connectivity index (χ4v) is 6.29. The van der Waals surface area contributed by atoms with Crippen molar-refractivity contribution in [2.75, 3.05) is 13.7 Å². The number of aromatic nitrogens is 2. The third-order valence-electron chi connectivity index (χ3n) is 7.81. The minimum atomic E-state index is 0.0380. The number of nitrogens with zero attached hydrogens (tertiary/aromatic N) is 4. The highest BCUT2D eigenvalue weighted by Gasteiger charge is 2.46. The fourth-order valence-electron chi connectivity index (χ4n) is 6.29. The van der Waals surface area contributed by atoms with Crippen molar-refractivity contribution in [1.82, 2.24) is 19.4 Å². The number of likely N-dealkylation sites (tertiary alicyclic amines) is 2. The van der Waals surface area contributed by atoms with Crippen molar-refractivity contribution in [3.63, 3.8) is 0 Å². The monoisotopic (exact) mass is 488 g/mol. The van der Waals surface area contributed by atoms with E-state index in [0.29, 0.717) is 6.61 Å². The van der Waals surface area contributed by atoms with Crippen LogP contribution in [0.5, 0.6) is 0 Å². The van der Waals surface area contributed by atoms with Gasteiger partial charge in [0.25, 0.3) is 0 Å². The van der Waals surface area contributed by atoms with Gasteiger partial charge in [-0.3, -0.25) is 9.59 Å². The number of fused-ring (bicyclic) bond motifs is 2. The molecule has 7 nitrogen and oxygen atoms in total. The first-order chi connectivity index (χ1) is 17.6. The van der Waals surface area contributed by atoms with Crippen LogP contribution in [0.15, 0.2) is 54.6 Å². The van der Waals surface area contributed by atoms with Gasteiger partial charge in [-0.1, -0.05) is 55.3 Å². The molecule has 0 saturated carbocycles. The van der Waals surface area contributed by atoms with Crippen LogP contribution in [0.2, 0.25) is 0 Å². The van der Waals surface area contributed by atoms with E-state index in [-0.39, 0.29) is 36.5 Å². The number of para-hydroxylation sites is 2. The van der Waals surface area contributed by atoms with E-state index in [1.54, 1.807) is 14.0 Å². The quantitative estimate of drug-likeness (QED) is 0.522. The Kier molecular flexibility index (Phi) is 7.37. The summed E-state index contributed by atoms with van der Waals surface area (Å²) in [6.45, 7) is 2.99. The molecule has 3 heterocycles. The number of carbonyl (C=O) groups excluding carboxylic acids is 2. The first kappa shape index (κ1) is 24.5. The molecule has 0 unspecified atom stereocenters. The summed E-state index contributed by atoms with van der Waals surface area (Å²) in [5, 5.41) is 0. The Balaban J connectivity index is 1.44. The van der Waals surface area contributed by atoms with Crippen LogP contribution in [0.3, 0.4) is 0 Å². The molecule has 0 N–H and O–H groups in total. The summed E-state index contributed by atoms with van der Waals surface area (Å²) < 4.78 is 7.38. The van der Waals surface area contributed by atoms with Crippen molar-refractivity contribution >= 4 is 22.8 Å². The minimum Gasteiger partial charge on any atom is -0.377 e. The van der Waals surface area contributed by atoms with Crippen molar-refractivity contribution in [3.8, 4) is 0 Å². The third-order valence-corrected chi connectivity index (χ3v) is 7.81. The lowest BCUT2D eigenvalue weighted by Gasteiger charge is -2.37. The van der Waals surface area contributed by atoms with Crippen LogP contribution < -0.4 is 0 Å². The zero-order chi connectivity index (χ0) is 25.1. The van der Waals surface area contributed by atoms with Crippen LogP contribution in [0.1, 0.15) is 50.4 Å². The minimum absolute atomic E-state index is 0.0380. The molecule has 2 aromatic carbocycles. The van der Waals surface area contributed by atoms with E-state index in [9.17, 15) is 9.59 Å². The Morgan fingerprint density at radius 2 is 1.78 bits per heavy atom. The normalized spacial score (nSPS) is 22.3. The molecule has 3 atom stereocenters. The van der Waals surface area contributed by atoms with Gasteiger partial charge in [0.1, 0.15) is 19.0 Å². The molecule has 1 aromatic heterocycles. The van der Waals surface area contributed by atoms with Crippen LogP contribution >= 0.6 is 0 Å². The summed E-state index contributed by atoms with van der Waals surface area (Å²) in [6, 6.07) is 18.5. The maximum Gasteiger partial charge on any atom is 0.242 e. The van der Waals surface area contributed by atoms with E-state index in [2.05, 4.69) is 21.9 Å². The summed E-state index contributed by atoms with van der Waals surface area (Å²) in [6.07, 6.45) is 5.75. The van der Waals surface area contributed by atoms with Gasteiger partial charge in [0.05, 0.1) is 23.1 Å². The average molecular weight is 489 g/mol. The average Bonchev–Trinajstić information content (AvgIpc) is 3.38. The molecule has 36 heavy (non-hydrogen) atoms. The van der Waals surface area contributed by atoms with E-state index in [0.717, 1.165) is 61.9 Å². The second kappa shape index (κ2) is 10.8. The molecule has 0 bridgehead atoms. The van der Waals surface area contributed by atoms with Crippen LogP contribution in [-0.2, 0) is 33.9 Å². The van der Waals surface area contributed by atoms with Gasteiger partial charge in [0.2, 0.25) is 11.8 Å². The zero-order valence-electron chi connectivity index (χ0n) is 21.3. The predicted molar refractivity (Wildman–Crippen MR) is 139 cm³/mol. The molecule has 2 aliphatic heterocycles. The van der Waals surface area contributed by atoms with Gasteiger partial charge in [-0.15, -0.1) is 0 Å². The van der Waals surface area contributed by atoms with E-state index in [1.165, 1.54) is 5.56 Å². The van der Waals surface area contributed by atoms with Gasteiger partial charge >= 0.3 is 0 Å². The van der Waals surface area contributed by atoms with Crippen LogP contribution in [0, 0.1) is 0 Å². The largest absolute Gasteiger partial charge is 0.377 e. The maximum absolute atomic E-state index is 13.9. The van der Waals surface area contributed by atoms with Crippen LogP contribution in [-0.4, -0.2) is 62.9 Å². The molecule has 2 amide bonds. The van der Waals surface area contributed by atoms with E-state index in [1.807, 2.05) is 47.0 Å². The highest BCUT2D eigenvalue weighted by atomic mass is 16.5. The predicted octanol–water partition coefficient (Wildman–Crippen LogP) is 4.19. The number of ether oxygens (including phenoxy) is 1. The van der Waals surface area contributed by atoms with Crippen LogP contribution in [0.4, 0.5) is 0 Å². The Labute approximate surface area is 213 Å². The number of rotatable bonds is 6. The summed E-state index contributed by atoms with van der Waals surface area (Å²) in [7, 11) is 1.65. The van der Waals surface area contributed by atoms with Crippen molar-refractivity contribution in [2.45, 2.75) is 76.7 Å². The number of methoxy groups -OCH3 is 1. The highest BCUT2D eigenvalue weighted by molar-refractivity contribution is 5.82. The van der Waals surface area contributed by atoms with Crippen molar-refractivity contribution in [1.29, 1.82) is 0 Å². The molecule has 3 aromatic rings. The molecule has 2 fully saturated rings. The molecule has 190 valence electrons. The van der Waals surface area contributed by atoms with Crippen molar-refractivity contribution in [3.05, 3.63) is 66.0 Å². The molecule has 2 aliphatic rings. The molecular weight excluding hydrogens is 452 g/mol. The Hall–Kier alpha value is -3.19. The Morgan fingerprint density at radius 3 is 2.56 bits per heavy atom. The number of amides is 2. The second-order valence-electron chi connectivity index (χ2n) is 10.1. The first-order valence-corrected chi connectivity index (χ1v) is 13.1. The lowest BCUT2D eigenvalue weighted by atomic mass is 9.96. The molecule has 0 spiro atoms. The van der Waals surface area contributed by atoms with Gasteiger partial charge in [-0.25, -0.2) is 4.98 Å². The van der Waals surface area contributed by atoms with E-state index < -0.39 is 0 Å². The fraction of sp³-hybridized carbons (Fsp3) is 0.483. The summed E-state index contributed by atoms with van der Waals surface area (Å²) in [5.74, 6) is 0.963. The molecule has 7 heteroatoms. The first-order valence-electron chi connectivity index (χ1n) is 13.1. The lowest BCUT2D eigenvalue weighted by molar-refractivity contribution is -0.138. The highest BCUT2D eigenvalue weighted by Crippen LogP contribution is 2.35. The van der Waals surface area contributed by atoms with Gasteiger partial charge in [0, 0.05) is 26.6 Å². The van der Waals surface area contributed by atoms with Gasteiger partial charge in [-0.05, 0) is 43.4 Å². The molecule has 0 radical (unpaired) electrons. The maximum atomic E-state index is 13.9. The second-order valence-corrected chi connectivity index (χ2v) is 10.1. The number of imidazole rings is 1. The lowest BCUT2D eigenvalue weighted by Crippen LogP contribution is -2.51. The molecule has 2 saturated heterocycles. The molecule has 0 aliphatic carbocycles. The topological polar surface area (TPSA) is 67.7 Å². The number of hydrogen-bond donors (Lipinski definition) is 0. The smallest absolute Gasteiger partial charge is 0.242 e. The number of benzene rings is 2. The van der Waals surface area contributed by atoms with Gasteiger partial charge in [0.15, 0.2) is 0 Å².